The summed E-state index contributed by atoms with van der Waals surface area (Å²) in [4.78, 5) is 3.98. The molecule has 0 amide bonds. The second kappa shape index (κ2) is 5.76. The van der Waals surface area contributed by atoms with E-state index < -0.39 is 17.5 Å². The minimum atomic E-state index is -1.49. The summed E-state index contributed by atoms with van der Waals surface area (Å²) in [5, 5.41) is 7.74. The maximum absolute atomic E-state index is 14.2. The molecule has 3 heterocycles. The first-order valence-corrected chi connectivity index (χ1v) is 7.52. The van der Waals surface area contributed by atoms with Crippen molar-refractivity contribution >= 4 is 0 Å². The van der Waals surface area contributed by atoms with Gasteiger partial charge >= 0.3 is 0 Å². The molecule has 0 atom stereocenters. The fourth-order valence-electron chi connectivity index (χ4n) is 2.97. The van der Waals surface area contributed by atoms with Crippen molar-refractivity contribution in [2.75, 3.05) is 6.54 Å². The number of nitrogens with zero attached hydrogens (tertiary/aromatic N) is 3. The normalized spacial score (nSPS) is 13.8. The predicted octanol–water partition coefficient (Wildman–Crippen LogP) is 3.00. The van der Waals surface area contributed by atoms with Gasteiger partial charge in [0.1, 0.15) is 5.69 Å². The molecule has 0 spiro atoms. The first-order valence-electron chi connectivity index (χ1n) is 7.52. The Kier molecular flexibility index (Phi) is 3.57. The van der Waals surface area contributed by atoms with Gasteiger partial charge in [-0.3, -0.25) is 4.98 Å². The number of pyridine rings is 1. The summed E-state index contributed by atoms with van der Waals surface area (Å²) in [5.74, 6) is -3.94. The van der Waals surface area contributed by atoms with E-state index in [0.29, 0.717) is 25.2 Å². The second-order valence-electron chi connectivity index (χ2n) is 5.54. The topological polar surface area (TPSA) is 42.7 Å². The second-order valence-corrected chi connectivity index (χ2v) is 5.54. The molecule has 0 fully saturated rings. The Morgan fingerprint density at radius 1 is 1.00 bits per heavy atom. The van der Waals surface area contributed by atoms with Crippen molar-refractivity contribution in [3.63, 3.8) is 0 Å². The molecule has 0 aliphatic carbocycles. The summed E-state index contributed by atoms with van der Waals surface area (Å²) in [6.07, 6.45) is 3.91. The third-order valence-corrected chi connectivity index (χ3v) is 4.13. The highest BCUT2D eigenvalue weighted by molar-refractivity contribution is 5.65. The molecule has 1 aromatic carbocycles. The van der Waals surface area contributed by atoms with Crippen LogP contribution in [0.3, 0.4) is 0 Å². The molecule has 3 aromatic rings. The van der Waals surface area contributed by atoms with E-state index in [4.69, 9.17) is 0 Å². The Labute approximate surface area is 136 Å². The lowest BCUT2D eigenvalue weighted by molar-refractivity contribution is 0.442. The fourth-order valence-corrected chi connectivity index (χ4v) is 2.97. The maximum atomic E-state index is 14.2. The van der Waals surface area contributed by atoms with E-state index in [-0.39, 0.29) is 5.69 Å². The van der Waals surface area contributed by atoms with Gasteiger partial charge in [-0.1, -0.05) is 0 Å². The zero-order chi connectivity index (χ0) is 16.7. The number of aromatic nitrogens is 3. The largest absolute Gasteiger partial charge is 0.312 e. The van der Waals surface area contributed by atoms with Crippen LogP contribution < -0.4 is 5.32 Å². The van der Waals surface area contributed by atoms with Crippen molar-refractivity contribution in [3.8, 4) is 16.9 Å². The highest BCUT2D eigenvalue weighted by Crippen LogP contribution is 2.30. The Balaban J connectivity index is 1.94. The van der Waals surface area contributed by atoms with E-state index in [2.05, 4.69) is 15.4 Å². The molecule has 7 heteroatoms. The van der Waals surface area contributed by atoms with E-state index in [0.717, 1.165) is 22.9 Å². The number of hydrogen-bond donors (Lipinski definition) is 1. The van der Waals surface area contributed by atoms with Gasteiger partial charge in [0.2, 0.25) is 0 Å². The predicted molar refractivity (Wildman–Crippen MR) is 82.1 cm³/mol. The van der Waals surface area contributed by atoms with E-state index in [1.807, 2.05) is 12.1 Å². The summed E-state index contributed by atoms with van der Waals surface area (Å²) in [7, 11) is 0. The number of halogens is 3. The Bertz CT molecular complexity index is 906. The molecular formula is C17H13F3N4. The lowest BCUT2D eigenvalue weighted by atomic mass is 10.0. The standard InChI is InChI=1S/C17H13F3N4/c18-12-1-2-14(16(20)15(12)19)24-13-5-8-22-9-11(13)17(23-24)10-3-6-21-7-4-10/h1-4,6-7,22H,5,8-9H2. The van der Waals surface area contributed by atoms with Crippen molar-refractivity contribution < 1.29 is 13.2 Å². The molecule has 24 heavy (non-hydrogen) atoms. The highest BCUT2D eigenvalue weighted by atomic mass is 19.2. The van der Waals surface area contributed by atoms with Crippen LogP contribution in [0.25, 0.3) is 16.9 Å². The fraction of sp³-hybridized carbons (Fsp3) is 0.176. The SMILES string of the molecule is Fc1ccc(-n2nc(-c3ccncc3)c3c2CCNC3)c(F)c1F. The number of hydrogen-bond acceptors (Lipinski definition) is 3. The first kappa shape index (κ1) is 14.9. The summed E-state index contributed by atoms with van der Waals surface area (Å²) in [5.41, 5.74) is 3.16. The first-order chi connectivity index (χ1) is 11.7. The molecule has 0 unspecified atom stereocenters. The van der Waals surface area contributed by atoms with Crippen molar-refractivity contribution in [2.45, 2.75) is 13.0 Å². The quantitative estimate of drug-likeness (QED) is 0.735. The molecule has 1 aliphatic rings. The van der Waals surface area contributed by atoms with Gasteiger partial charge < -0.3 is 5.32 Å². The molecular weight excluding hydrogens is 317 g/mol. The third-order valence-electron chi connectivity index (χ3n) is 4.13. The van der Waals surface area contributed by atoms with Crippen LogP contribution in [0.5, 0.6) is 0 Å². The van der Waals surface area contributed by atoms with Gasteiger partial charge in [0.25, 0.3) is 0 Å². The number of rotatable bonds is 2. The lowest BCUT2D eigenvalue weighted by Gasteiger charge is -2.16. The van der Waals surface area contributed by atoms with Crippen LogP contribution in [0, 0.1) is 17.5 Å². The third kappa shape index (κ3) is 2.28. The van der Waals surface area contributed by atoms with E-state index in [1.54, 1.807) is 12.4 Å². The van der Waals surface area contributed by atoms with E-state index >= 15 is 0 Å². The number of fused-ring (bicyclic) bond motifs is 1. The zero-order valence-corrected chi connectivity index (χ0v) is 12.6. The van der Waals surface area contributed by atoms with Gasteiger partial charge in [0.05, 0.1) is 11.4 Å². The van der Waals surface area contributed by atoms with E-state index in [9.17, 15) is 13.2 Å². The minimum absolute atomic E-state index is 0.0904. The van der Waals surface area contributed by atoms with Crippen molar-refractivity contribution in [2.24, 2.45) is 0 Å². The Morgan fingerprint density at radius 3 is 2.58 bits per heavy atom. The van der Waals surface area contributed by atoms with Gasteiger partial charge in [-0.05, 0) is 24.3 Å². The molecule has 1 N–H and O–H groups in total. The minimum Gasteiger partial charge on any atom is -0.312 e. The summed E-state index contributed by atoms with van der Waals surface area (Å²) >= 11 is 0. The Hall–Kier alpha value is -2.67. The van der Waals surface area contributed by atoms with Gasteiger partial charge in [0.15, 0.2) is 17.5 Å². The monoisotopic (exact) mass is 330 g/mol. The number of nitrogens with one attached hydrogen (secondary N) is 1. The van der Waals surface area contributed by atoms with Crippen LogP contribution in [0.15, 0.2) is 36.7 Å². The summed E-state index contributed by atoms with van der Waals surface area (Å²) in [6.45, 7) is 1.29. The van der Waals surface area contributed by atoms with Gasteiger partial charge in [-0.2, -0.15) is 5.10 Å². The van der Waals surface area contributed by atoms with Gasteiger partial charge in [-0.25, -0.2) is 17.9 Å². The van der Waals surface area contributed by atoms with Crippen molar-refractivity contribution in [3.05, 3.63) is 65.4 Å². The molecule has 0 radical (unpaired) electrons. The lowest BCUT2D eigenvalue weighted by Crippen LogP contribution is -2.25. The molecule has 0 saturated carbocycles. The van der Waals surface area contributed by atoms with Crippen LogP contribution in [0.4, 0.5) is 13.2 Å². The van der Waals surface area contributed by atoms with E-state index in [1.165, 1.54) is 10.7 Å². The molecule has 1 aliphatic heterocycles. The van der Waals surface area contributed by atoms with Crippen molar-refractivity contribution in [1.82, 2.24) is 20.1 Å². The van der Waals surface area contributed by atoms with Crippen LogP contribution in [-0.2, 0) is 13.0 Å². The highest BCUT2D eigenvalue weighted by Gasteiger charge is 2.25. The maximum Gasteiger partial charge on any atom is 0.196 e. The molecule has 0 bridgehead atoms. The smallest absolute Gasteiger partial charge is 0.196 e. The van der Waals surface area contributed by atoms with Crippen LogP contribution >= 0.6 is 0 Å². The van der Waals surface area contributed by atoms with Crippen LogP contribution in [0.2, 0.25) is 0 Å². The molecule has 4 rings (SSSR count). The van der Waals surface area contributed by atoms with Gasteiger partial charge in [0, 0.05) is 43.0 Å². The van der Waals surface area contributed by atoms with Gasteiger partial charge in [-0.15, -0.1) is 0 Å². The molecule has 4 nitrogen and oxygen atoms in total. The van der Waals surface area contributed by atoms with Crippen molar-refractivity contribution in [1.29, 1.82) is 0 Å². The summed E-state index contributed by atoms with van der Waals surface area (Å²) < 4.78 is 42.5. The summed E-state index contributed by atoms with van der Waals surface area (Å²) in [6, 6.07) is 5.74. The average molecular weight is 330 g/mol. The average Bonchev–Trinajstić information content (AvgIpc) is 3.00. The van der Waals surface area contributed by atoms with Crippen LogP contribution in [0.1, 0.15) is 11.3 Å². The zero-order valence-electron chi connectivity index (χ0n) is 12.6. The Morgan fingerprint density at radius 2 is 1.79 bits per heavy atom. The number of benzene rings is 1. The molecule has 0 saturated heterocycles. The molecule has 122 valence electrons. The molecule has 2 aromatic heterocycles. The van der Waals surface area contributed by atoms with Crippen LogP contribution in [-0.4, -0.2) is 21.3 Å².